The van der Waals surface area contributed by atoms with Crippen LogP contribution in [0.4, 0.5) is 0 Å². The van der Waals surface area contributed by atoms with E-state index < -0.39 is 0 Å². The highest BCUT2D eigenvalue weighted by molar-refractivity contribution is 7.12. The summed E-state index contributed by atoms with van der Waals surface area (Å²) in [4.78, 5) is 15.4. The fraction of sp³-hybridized carbons (Fsp3) is 0.133. The van der Waals surface area contributed by atoms with E-state index in [1.54, 1.807) is 22.7 Å². The molecule has 0 aliphatic rings. The van der Waals surface area contributed by atoms with Crippen LogP contribution in [-0.4, -0.2) is 10.9 Å². The minimum absolute atomic E-state index is 0.0434. The van der Waals surface area contributed by atoms with Crippen LogP contribution in [0, 0.1) is 0 Å². The average molecular weight is 334 g/mol. The smallest absolute Gasteiger partial charge is 0.275 e. The maximum atomic E-state index is 12.2. The maximum absolute atomic E-state index is 12.2. The van der Waals surface area contributed by atoms with Crippen LogP contribution >= 0.6 is 34.0 Å². The first-order valence-electron chi connectivity index (χ1n) is 6.45. The molecule has 0 bridgehead atoms. The van der Waals surface area contributed by atoms with Gasteiger partial charge in [0.2, 0.25) is 0 Å². The van der Waals surface area contributed by atoms with Crippen molar-refractivity contribution in [2.24, 2.45) is 0 Å². The first-order chi connectivity index (χ1) is 10.3. The van der Waals surface area contributed by atoms with Gasteiger partial charge in [-0.1, -0.05) is 18.2 Å². The number of carbonyl (C=O) groups excluding carboxylic acids is 1. The van der Waals surface area contributed by atoms with Crippen molar-refractivity contribution in [2.75, 3.05) is 0 Å². The van der Waals surface area contributed by atoms with Crippen LogP contribution in [0.3, 0.4) is 0 Å². The van der Waals surface area contributed by atoms with Crippen molar-refractivity contribution in [3.05, 3.63) is 67.2 Å². The molecular formula is C15H14N2OS3. The number of amides is 1. The Morgan fingerprint density at radius 3 is 1.95 bits per heavy atom. The summed E-state index contributed by atoms with van der Waals surface area (Å²) in [6.45, 7) is 1.43. The zero-order valence-corrected chi connectivity index (χ0v) is 13.6. The number of nitrogens with one attached hydrogen (secondary N) is 1. The van der Waals surface area contributed by atoms with Gasteiger partial charge in [0.1, 0.15) is 0 Å². The molecule has 0 aliphatic heterocycles. The highest BCUT2D eigenvalue weighted by Gasteiger charge is 2.14. The third-order valence-electron chi connectivity index (χ3n) is 2.86. The van der Waals surface area contributed by atoms with Crippen LogP contribution in [0.1, 0.15) is 19.4 Å². The summed E-state index contributed by atoms with van der Waals surface area (Å²) in [6.07, 6.45) is 0. The van der Waals surface area contributed by atoms with Gasteiger partial charge in [-0.3, -0.25) is 10.2 Å². The van der Waals surface area contributed by atoms with Crippen molar-refractivity contribution in [3.8, 4) is 0 Å². The number of carbonyl (C=O) groups is 1. The second-order valence-electron chi connectivity index (χ2n) is 4.43. The number of nitrogens with zero attached hydrogens (tertiary/aromatic N) is 1. The van der Waals surface area contributed by atoms with E-state index in [2.05, 4.69) is 28.3 Å². The van der Waals surface area contributed by atoms with Crippen LogP contribution in [0.25, 0.3) is 0 Å². The molecule has 108 valence electrons. The van der Waals surface area contributed by atoms with Crippen molar-refractivity contribution in [1.82, 2.24) is 10.4 Å². The Bertz CT molecular complexity index is 624. The van der Waals surface area contributed by atoms with E-state index in [-0.39, 0.29) is 5.91 Å². The summed E-state index contributed by atoms with van der Waals surface area (Å²) >= 11 is 4.86. The van der Waals surface area contributed by atoms with Gasteiger partial charge in [-0.15, -0.1) is 34.0 Å². The van der Waals surface area contributed by atoms with Crippen molar-refractivity contribution in [2.45, 2.75) is 13.1 Å². The molecule has 3 rings (SSSR count). The molecular weight excluding hydrogens is 320 g/mol. The Hall–Kier alpha value is -1.47. The van der Waals surface area contributed by atoms with Gasteiger partial charge in [0, 0.05) is 9.75 Å². The van der Waals surface area contributed by atoms with Crippen molar-refractivity contribution >= 4 is 39.9 Å². The molecule has 0 spiro atoms. The molecule has 3 aromatic heterocycles. The van der Waals surface area contributed by atoms with Crippen LogP contribution in [0.5, 0.6) is 0 Å². The molecule has 3 heterocycles. The standard InChI is InChI=1S/C15H14N2OS3/c18-15(14-6-3-9-21-14)16-17(10-12-4-1-7-19-12)11-13-5-2-8-20-13/h1-9H,10-11H2,(H,16,18). The third kappa shape index (κ3) is 4.01. The molecule has 0 saturated heterocycles. The first kappa shape index (κ1) is 14.5. The third-order valence-corrected chi connectivity index (χ3v) is 5.45. The molecule has 6 heteroatoms. The van der Waals surface area contributed by atoms with E-state index in [1.807, 2.05) is 34.7 Å². The quantitative estimate of drug-likeness (QED) is 0.685. The summed E-state index contributed by atoms with van der Waals surface area (Å²) in [5.41, 5.74) is 3.01. The zero-order valence-electron chi connectivity index (χ0n) is 11.2. The first-order valence-corrected chi connectivity index (χ1v) is 9.09. The molecule has 1 amide bonds. The second-order valence-corrected chi connectivity index (χ2v) is 7.45. The largest absolute Gasteiger partial charge is 0.283 e. The Morgan fingerprint density at radius 1 is 0.905 bits per heavy atom. The van der Waals surface area contributed by atoms with Crippen LogP contribution in [-0.2, 0) is 13.1 Å². The normalized spacial score (nSPS) is 10.9. The lowest BCUT2D eigenvalue weighted by molar-refractivity contribution is 0.0767. The number of hydrogen-bond acceptors (Lipinski definition) is 5. The number of hydrogen-bond donors (Lipinski definition) is 1. The fourth-order valence-electron chi connectivity index (χ4n) is 1.92. The van der Waals surface area contributed by atoms with E-state index >= 15 is 0 Å². The topological polar surface area (TPSA) is 32.3 Å². The Labute approximate surface area is 135 Å². The van der Waals surface area contributed by atoms with Crippen LogP contribution in [0.15, 0.2) is 52.5 Å². The Kier molecular flexibility index (Phi) is 4.82. The molecule has 0 aromatic carbocycles. The van der Waals surface area contributed by atoms with Crippen molar-refractivity contribution in [3.63, 3.8) is 0 Å². The molecule has 3 aromatic rings. The molecule has 0 radical (unpaired) electrons. The van der Waals surface area contributed by atoms with E-state index in [4.69, 9.17) is 0 Å². The van der Waals surface area contributed by atoms with E-state index in [0.29, 0.717) is 13.1 Å². The predicted octanol–water partition coefficient (Wildman–Crippen LogP) is 4.22. The van der Waals surface area contributed by atoms with Crippen LogP contribution in [0.2, 0.25) is 0 Å². The molecule has 1 N–H and O–H groups in total. The molecule has 0 aliphatic carbocycles. The maximum Gasteiger partial charge on any atom is 0.275 e. The van der Waals surface area contributed by atoms with E-state index in [0.717, 1.165) is 4.88 Å². The Morgan fingerprint density at radius 2 is 1.48 bits per heavy atom. The second kappa shape index (κ2) is 7.00. The molecule has 0 unspecified atom stereocenters. The van der Waals surface area contributed by atoms with Gasteiger partial charge in [0.25, 0.3) is 5.91 Å². The van der Waals surface area contributed by atoms with Gasteiger partial charge in [-0.2, -0.15) is 0 Å². The van der Waals surface area contributed by atoms with Gasteiger partial charge in [0.15, 0.2) is 0 Å². The van der Waals surface area contributed by atoms with Crippen LogP contribution < -0.4 is 5.43 Å². The van der Waals surface area contributed by atoms with Crippen molar-refractivity contribution in [1.29, 1.82) is 0 Å². The van der Waals surface area contributed by atoms with Gasteiger partial charge in [0.05, 0.1) is 18.0 Å². The Balaban J connectivity index is 1.70. The molecule has 0 atom stereocenters. The van der Waals surface area contributed by atoms with Gasteiger partial charge in [-0.25, -0.2) is 5.01 Å². The molecule has 0 saturated carbocycles. The van der Waals surface area contributed by atoms with Gasteiger partial charge in [-0.05, 0) is 34.3 Å². The van der Waals surface area contributed by atoms with Gasteiger partial charge >= 0.3 is 0 Å². The number of rotatable bonds is 6. The number of hydrazine groups is 1. The molecule has 21 heavy (non-hydrogen) atoms. The summed E-state index contributed by atoms with van der Waals surface area (Å²) in [6, 6.07) is 12.0. The highest BCUT2D eigenvalue weighted by Crippen LogP contribution is 2.16. The minimum Gasteiger partial charge on any atom is -0.283 e. The predicted molar refractivity (Wildman–Crippen MR) is 89.7 cm³/mol. The SMILES string of the molecule is O=C(NN(Cc1cccs1)Cc1cccs1)c1cccs1. The van der Waals surface area contributed by atoms with Gasteiger partial charge < -0.3 is 0 Å². The lowest BCUT2D eigenvalue weighted by atomic mass is 10.4. The monoisotopic (exact) mass is 334 g/mol. The van der Waals surface area contributed by atoms with E-state index in [1.165, 1.54) is 21.1 Å². The van der Waals surface area contributed by atoms with Crippen molar-refractivity contribution < 1.29 is 4.79 Å². The average Bonchev–Trinajstić information content (AvgIpc) is 3.22. The minimum atomic E-state index is -0.0434. The lowest BCUT2D eigenvalue weighted by Gasteiger charge is -2.21. The summed E-state index contributed by atoms with van der Waals surface area (Å²) in [5.74, 6) is -0.0434. The summed E-state index contributed by atoms with van der Waals surface area (Å²) in [7, 11) is 0. The summed E-state index contributed by atoms with van der Waals surface area (Å²) < 4.78 is 0. The molecule has 0 fully saturated rings. The molecule has 3 nitrogen and oxygen atoms in total. The number of thiophene rings is 3. The van der Waals surface area contributed by atoms with E-state index in [9.17, 15) is 4.79 Å². The zero-order chi connectivity index (χ0) is 14.5. The summed E-state index contributed by atoms with van der Waals surface area (Å²) in [5, 5.41) is 8.00. The lowest BCUT2D eigenvalue weighted by Crippen LogP contribution is -2.40. The fourth-order valence-corrected chi connectivity index (χ4v) is 3.98. The highest BCUT2D eigenvalue weighted by atomic mass is 32.1.